The number of nitrogens with zero attached hydrogens (tertiary/aromatic N) is 1. The lowest BCUT2D eigenvalue weighted by Gasteiger charge is -2.14. The van der Waals surface area contributed by atoms with Gasteiger partial charge >= 0.3 is 0 Å². The molecule has 0 radical (unpaired) electrons. The average molecular weight is 371 g/mol. The van der Waals surface area contributed by atoms with Crippen molar-refractivity contribution < 1.29 is 19.1 Å². The van der Waals surface area contributed by atoms with Crippen molar-refractivity contribution >= 4 is 28.9 Å². The number of methoxy groups -OCH3 is 2. The molecule has 2 N–H and O–H groups in total. The van der Waals surface area contributed by atoms with E-state index >= 15 is 0 Å². The maximum absolute atomic E-state index is 11.8. The van der Waals surface area contributed by atoms with Crippen LogP contribution in [-0.2, 0) is 20.7 Å². The van der Waals surface area contributed by atoms with Crippen molar-refractivity contribution in [2.24, 2.45) is 0 Å². The summed E-state index contributed by atoms with van der Waals surface area (Å²) in [6.45, 7) is -0.0220. The van der Waals surface area contributed by atoms with Crippen molar-refractivity contribution in [2.45, 2.75) is 6.42 Å². The third-order valence-corrected chi connectivity index (χ3v) is 3.85. The molecule has 7 heteroatoms. The van der Waals surface area contributed by atoms with Crippen molar-refractivity contribution in [3.8, 4) is 5.75 Å². The molecular weight excluding hydrogens is 346 g/mol. The van der Waals surface area contributed by atoms with Crippen LogP contribution >= 0.6 is 0 Å². The van der Waals surface area contributed by atoms with Gasteiger partial charge in [-0.25, -0.2) is 0 Å². The minimum absolute atomic E-state index is 0.0220. The Bertz CT molecular complexity index is 788. The minimum atomic E-state index is -0.251. The van der Waals surface area contributed by atoms with E-state index in [-0.39, 0.29) is 18.4 Å². The molecule has 0 aliphatic rings. The molecule has 2 amide bonds. The third-order valence-electron chi connectivity index (χ3n) is 3.85. The van der Waals surface area contributed by atoms with E-state index in [9.17, 15) is 9.59 Å². The van der Waals surface area contributed by atoms with E-state index in [2.05, 4.69) is 10.6 Å². The highest BCUT2D eigenvalue weighted by atomic mass is 16.5. The summed E-state index contributed by atoms with van der Waals surface area (Å²) in [5.41, 5.74) is 3.22. The van der Waals surface area contributed by atoms with E-state index in [1.807, 2.05) is 30.3 Å². The Hall–Kier alpha value is -3.06. The highest BCUT2D eigenvalue weighted by Crippen LogP contribution is 2.29. The van der Waals surface area contributed by atoms with E-state index in [0.717, 1.165) is 16.9 Å². The highest BCUT2D eigenvalue weighted by molar-refractivity contribution is 5.93. The molecule has 0 unspecified atom stereocenters. The van der Waals surface area contributed by atoms with Crippen molar-refractivity contribution in [1.29, 1.82) is 0 Å². The summed E-state index contributed by atoms with van der Waals surface area (Å²) in [6.07, 6.45) is 0.372. The minimum Gasteiger partial charge on any atom is -0.494 e. The number of carbonyl (C=O) groups excluding carboxylic acids is 2. The lowest BCUT2D eigenvalue weighted by molar-refractivity contribution is -0.128. The number of amides is 2. The van der Waals surface area contributed by atoms with E-state index in [1.54, 1.807) is 38.2 Å². The summed E-state index contributed by atoms with van der Waals surface area (Å²) in [6, 6.07) is 13.1. The fourth-order valence-corrected chi connectivity index (χ4v) is 2.39. The molecule has 0 saturated heterocycles. The van der Waals surface area contributed by atoms with Crippen LogP contribution in [-0.4, -0.2) is 51.6 Å². The second-order valence-electron chi connectivity index (χ2n) is 6.18. The van der Waals surface area contributed by atoms with Crippen LogP contribution in [0.3, 0.4) is 0 Å². The number of likely N-dealkylation sites (N-methyl/N-ethyl adjacent to an activating group) is 1. The van der Waals surface area contributed by atoms with Crippen molar-refractivity contribution in [1.82, 2.24) is 4.90 Å². The lowest BCUT2D eigenvalue weighted by Crippen LogP contribution is -2.23. The Labute approximate surface area is 159 Å². The monoisotopic (exact) mass is 371 g/mol. The molecule has 0 spiro atoms. The Morgan fingerprint density at radius 3 is 2.26 bits per heavy atom. The molecule has 0 saturated carbocycles. The smallest absolute Gasteiger partial charge is 0.250 e. The zero-order chi connectivity index (χ0) is 19.8. The van der Waals surface area contributed by atoms with E-state index < -0.39 is 0 Å². The second-order valence-corrected chi connectivity index (χ2v) is 6.18. The molecular formula is C20H25N3O4. The Balaban J connectivity index is 2.06. The number of carbonyl (C=O) groups is 2. The van der Waals surface area contributed by atoms with Crippen LogP contribution < -0.4 is 15.4 Å². The van der Waals surface area contributed by atoms with Crippen LogP contribution in [0.4, 0.5) is 17.1 Å². The van der Waals surface area contributed by atoms with Crippen LogP contribution in [0.2, 0.25) is 0 Å². The summed E-state index contributed by atoms with van der Waals surface area (Å²) in [5, 5.41) is 6.01. The van der Waals surface area contributed by atoms with Gasteiger partial charge in [0, 0.05) is 38.6 Å². The van der Waals surface area contributed by atoms with Crippen molar-refractivity contribution in [3.63, 3.8) is 0 Å². The molecule has 2 aromatic rings. The van der Waals surface area contributed by atoms with Gasteiger partial charge in [0.05, 0.1) is 19.2 Å². The second kappa shape index (κ2) is 9.59. The van der Waals surface area contributed by atoms with Crippen molar-refractivity contribution in [3.05, 3.63) is 48.0 Å². The van der Waals surface area contributed by atoms with Gasteiger partial charge in [0.2, 0.25) is 11.8 Å². The van der Waals surface area contributed by atoms with Gasteiger partial charge < -0.3 is 25.0 Å². The average Bonchev–Trinajstić information content (AvgIpc) is 2.64. The molecule has 2 aromatic carbocycles. The Morgan fingerprint density at radius 2 is 1.67 bits per heavy atom. The van der Waals surface area contributed by atoms with Crippen LogP contribution in [0.15, 0.2) is 42.5 Å². The zero-order valence-electron chi connectivity index (χ0n) is 16.0. The molecule has 2 rings (SSSR count). The number of benzene rings is 2. The van der Waals surface area contributed by atoms with Gasteiger partial charge in [0.15, 0.2) is 0 Å². The van der Waals surface area contributed by atoms with Crippen LogP contribution in [0.1, 0.15) is 5.56 Å². The maximum Gasteiger partial charge on any atom is 0.250 e. The van der Waals surface area contributed by atoms with Gasteiger partial charge in [-0.2, -0.15) is 0 Å². The summed E-state index contributed by atoms with van der Waals surface area (Å²) >= 11 is 0. The molecule has 0 aliphatic heterocycles. The molecule has 0 aliphatic carbocycles. The van der Waals surface area contributed by atoms with Gasteiger partial charge in [-0.3, -0.25) is 9.59 Å². The fraction of sp³-hybridized carbons (Fsp3) is 0.300. The normalized spacial score (nSPS) is 10.2. The fourth-order valence-electron chi connectivity index (χ4n) is 2.39. The van der Waals surface area contributed by atoms with Gasteiger partial charge in [-0.05, 0) is 29.8 Å². The molecule has 0 aromatic heterocycles. The summed E-state index contributed by atoms with van der Waals surface area (Å²) in [4.78, 5) is 25.0. The Morgan fingerprint density at radius 1 is 1.00 bits per heavy atom. The van der Waals surface area contributed by atoms with Crippen LogP contribution in [0.5, 0.6) is 5.75 Å². The molecule has 144 valence electrons. The summed E-state index contributed by atoms with van der Waals surface area (Å²) < 4.78 is 10.2. The van der Waals surface area contributed by atoms with Gasteiger partial charge in [0.25, 0.3) is 0 Å². The maximum atomic E-state index is 11.8. The number of nitrogens with one attached hydrogen (secondary N) is 2. The molecule has 0 bridgehead atoms. The molecule has 0 heterocycles. The first-order chi connectivity index (χ1) is 12.9. The predicted molar refractivity (Wildman–Crippen MR) is 106 cm³/mol. The number of rotatable bonds is 8. The molecule has 27 heavy (non-hydrogen) atoms. The first-order valence-electron chi connectivity index (χ1n) is 8.46. The quantitative estimate of drug-likeness (QED) is 0.746. The van der Waals surface area contributed by atoms with Gasteiger partial charge in [-0.1, -0.05) is 12.1 Å². The summed E-state index contributed by atoms with van der Waals surface area (Å²) in [5.74, 6) is 0.351. The SMILES string of the molecule is COCC(=O)Nc1ccc(Nc2ccc(CC(=O)N(C)C)cc2)cc1OC. The first-order valence-corrected chi connectivity index (χ1v) is 8.46. The molecule has 0 fully saturated rings. The number of hydrogen-bond acceptors (Lipinski definition) is 5. The van der Waals surface area contributed by atoms with Gasteiger partial charge in [-0.15, -0.1) is 0 Å². The van der Waals surface area contributed by atoms with E-state index in [4.69, 9.17) is 9.47 Å². The zero-order valence-corrected chi connectivity index (χ0v) is 16.0. The topological polar surface area (TPSA) is 79.9 Å². The van der Waals surface area contributed by atoms with E-state index in [0.29, 0.717) is 17.9 Å². The standard InChI is InChI=1S/C20H25N3O4/c1-23(2)20(25)11-14-5-7-15(8-6-14)21-16-9-10-17(18(12-16)27-4)22-19(24)13-26-3/h5-10,12,21H,11,13H2,1-4H3,(H,22,24). The van der Waals surface area contributed by atoms with Gasteiger partial charge in [0.1, 0.15) is 12.4 Å². The van der Waals surface area contributed by atoms with E-state index in [1.165, 1.54) is 7.11 Å². The van der Waals surface area contributed by atoms with Crippen molar-refractivity contribution in [2.75, 3.05) is 45.6 Å². The lowest BCUT2D eigenvalue weighted by atomic mass is 10.1. The number of ether oxygens (including phenoxy) is 2. The van der Waals surface area contributed by atoms with Crippen LogP contribution in [0.25, 0.3) is 0 Å². The third kappa shape index (κ3) is 6.00. The van der Waals surface area contributed by atoms with Crippen LogP contribution in [0, 0.1) is 0 Å². The highest BCUT2D eigenvalue weighted by Gasteiger charge is 2.09. The largest absolute Gasteiger partial charge is 0.494 e. The Kier molecular flexibility index (Phi) is 7.19. The molecule has 0 atom stereocenters. The predicted octanol–water partition coefficient (Wildman–Crippen LogP) is 2.65. The number of anilines is 3. The number of hydrogen-bond donors (Lipinski definition) is 2. The summed E-state index contributed by atoms with van der Waals surface area (Å²) in [7, 11) is 6.49. The first kappa shape index (κ1) is 20.3. The molecule has 7 nitrogen and oxygen atoms in total.